The van der Waals surface area contributed by atoms with E-state index in [1.54, 1.807) is 19.2 Å². The van der Waals surface area contributed by atoms with Gasteiger partial charge in [0.2, 0.25) is 5.91 Å². The molecule has 9 heteroatoms. The van der Waals surface area contributed by atoms with Gasteiger partial charge in [-0.3, -0.25) is 9.59 Å². The highest BCUT2D eigenvalue weighted by molar-refractivity contribution is 7.21. The van der Waals surface area contributed by atoms with Gasteiger partial charge in [-0.25, -0.2) is 4.98 Å². The molecule has 0 radical (unpaired) electrons. The van der Waals surface area contributed by atoms with Crippen LogP contribution in [0.25, 0.3) is 21.0 Å². The van der Waals surface area contributed by atoms with Crippen LogP contribution in [0.2, 0.25) is 0 Å². The van der Waals surface area contributed by atoms with Gasteiger partial charge < -0.3 is 24.3 Å². The zero-order chi connectivity index (χ0) is 23.5. The van der Waals surface area contributed by atoms with Crippen molar-refractivity contribution in [1.82, 2.24) is 9.88 Å². The highest BCUT2D eigenvalue weighted by Crippen LogP contribution is 2.31. The number of aromatic nitrogens is 1. The van der Waals surface area contributed by atoms with E-state index in [2.05, 4.69) is 15.2 Å². The molecule has 0 unspecified atom stereocenters. The van der Waals surface area contributed by atoms with Gasteiger partial charge in [0.25, 0.3) is 5.91 Å². The first-order valence-corrected chi connectivity index (χ1v) is 11.8. The third-order valence-electron chi connectivity index (χ3n) is 5.58. The lowest BCUT2D eigenvalue weighted by Gasteiger charge is -2.28. The molecule has 5 rings (SSSR count). The summed E-state index contributed by atoms with van der Waals surface area (Å²) in [7, 11) is 1.57. The summed E-state index contributed by atoms with van der Waals surface area (Å²) in [6.07, 6.45) is 0. The zero-order valence-electron chi connectivity index (χ0n) is 18.7. The Morgan fingerprint density at radius 1 is 1.06 bits per heavy atom. The van der Waals surface area contributed by atoms with Gasteiger partial charge in [0.15, 0.2) is 16.5 Å². The molecule has 3 heterocycles. The van der Waals surface area contributed by atoms with Crippen molar-refractivity contribution in [2.45, 2.75) is 0 Å². The summed E-state index contributed by atoms with van der Waals surface area (Å²) < 4.78 is 12.2. The number of hydrogen-bond donors (Lipinski definition) is 1. The third-order valence-corrected chi connectivity index (χ3v) is 6.63. The number of carbonyl (C=O) groups is 2. The number of benzene rings is 2. The van der Waals surface area contributed by atoms with E-state index < -0.39 is 0 Å². The Morgan fingerprint density at radius 3 is 2.59 bits per heavy atom. The van der Waals surface area contributed by atoms with Gasteiger partial charge in [-0.05, 0) is 48.5 Å². The summed E-state index contributed by atoms with van der Waals surface area (Å²) >= 11 is 1.50. The fourth-order valence-corrected chi connectivity index (χ4v) is 4.73. The van der Waals surface area contributed by atoms with Gasteiger partial charge in [-0.15, -0.1) is 11.3 Å². The van der Waals surface area contributed by atoms with Crippen LogP contribution in [-0.4, -0.2) is 61.6 Å². The Hall–Kier alpha value is -3.69. The Kier molecular flexibility index (Phi) is 6.29. The van der Waals surface area contributed by atoms with Crippen LogP contribution in [0.4, 0.5) is 11.4 Å². The van der Waals surface area contributed by atoms with Gasteiger partial charge in [0, 0.05) is 31.5 Å². The normalized spacial score (nSPS) is 13.7. The van der Waals surface area contributed by atoms with E-state index in [0.717, 1.165) is 42.2 Å². The Balaban J connectivity index is 1.18. The van der Waals surface area contributed by atoms with Gasteiger partial charge >= 0.3 is 0 Å². The molecule has 0 aliphatic carbocycles. The second-order valence-corrected chi connectivity index (χ2v) is 9.04. The van der Waals surface area contributed by atoms with Crippen molar-refractivity contribution in [2.75, 3.05) is 50.1 Å². The number of nitrogens with zero attached hydrogens (tertiary/aromatic N) is 3. The zero-order valence-corrected chi connectivity index (χ0v) is 19.5. The molecule has 2 aromatic carbocycles. The van der Waals surface area contributed by atoms with E-state index in [1.165, 1.54) is 16.2 Å². The number of furan rings is 1. The fraction of sp³-hybridized carbons (Fsp3) is 0.240. The highest BCUT2D eigenvalue weighted by Gasteiger charge is 2.20. The number of ether oxygens (including phenoxy) is 1. The smallest absolute Gasteiger partial charge is 0.289 e. The molecule has 4 aromatic rings. The second kappa shape index (κ2) is 9.66. The van der Waals surface area contributed by atoms with Crippen LogP contribution >= 0.6 is 11.3 Å². The number of rotatable bonds is 6. The largest absolute Gasteiger partial charge is 0.448 e. The molecule has 1 fully saturated rings. The maximum atomic E-state index is 12.8. The van der Waals surface area contributed by atoms with Crippen LogP contribution < -0.4 is 10.2 Å². The predicted octanol–water partition coefficient (Wildman–Crippen LogP) is 4.10. The molecule has 1 aliphatic heterocycles. The molecule has 0 atom stereocenters. The molecule has 1 N–H and O–H groups in total. The van der Waals surface area contributed by atoms with Gasteiger partial charge in [0.1, 0.15) is 0 Å². The van der Waals surface area contributed by atoms with Crippen molar-refractivity contribution in [1.29, 1.82) is 0 Å². The first kappa shape index (κ1) is 22.1. The van der Waals surface area contributed by atoms with Gasteiger partial charge in [-0.2, -0.15) is 0 Å². The quantitative estimate of drug-likeness (QED) is 0.451. The molecule has 0 bridgehead atoms. The van der Waals surface area contributed by atoms with Crippen LogP contribution in [0.15, 0.2) is 65.1 Å². The van der Waals surface area contributed by atoms with E-state index in [1.807, 2.05) is 48.5 Å². The fourth-order valence-electron chi connectivity index (χ4n) is 3.80. The number of fused-ring (bicyclic) bond motifs is 1. The second-order valence-electron chi connectivity index (χ2n) is 8.01. The summed E-state index contributed by atoms with van der Waals surface area (Å²) in [6.45, 7) is 3.05. The summed E-state index contributed by atoms with van der Waals surface area (Å²) in [6, 6.07) is 18.8. The first-order valence-electron chi connectivity index (χ1n) is 11.0. The molecule has 1 aliphatic rings. The molecule has 2 aromatic heterocycles. The Bertz CT molecular complexity index is 1270. The van der Waals surface area contributed by atoms with E-state index in [0.29, 0.717) is 16.5 Å². The van der Waals surface area contributed by atoms with Crippen LogP contribution in [0.3, 0.4) is 0 Å². The van der Waals surface area contributed by atoms with E-state index in [-0.39, 0.29) is 24.1 Å². The number of likely N-dealkylation sites (N-methyl/N-ethyl adjacent to an activating group) is 1. The van der Waals surface area contributed by atoms with Crippen molar-refractivity contribution in [3.63, 3.8) is 0 Å². The number of para-hydroxylation sites is 1. The van der Waals surface area contributed by atoms with Crippen molar-refractivity contribution in [3.8, 4) is 10.8 Å². The molecule has 1 saturated heterocycles. The average molecular weight is 477 g/mol. The number of hydrogen-bond acceptors (Lipinski definition) is 7. The molecule has 0 spiro atoms. The van der Waals surface area contributed by atoms with E-state index in [9.17, 15) is 9.59 Å². The predicted molar refractivity (Wildman–Crippen MR) is 132 cm³/mol. The number of amides is 2. The first-order chi connectivity index (χ1) is 16.6. The minimum absolute atomic E-state index is 0.0960. The van der Waals surface area contributed by atoms with E-state index in [4.69, 9.17) is 9.15 Å². The van der Waals surface area contributed by atoms with Crippen molar-refractivity contribution in [2.24, 2.45) is 0 Å². The van der Waals surface area contributed by atoms with Crippen molar-refractivity contribution >= 4 is 44.7 Å². The Morgan fingerprint density at radius 2 is 1.82 bits per heavy atom. The molecule has 8 nitrogen and oxygen atoms in total. The number of thiazole rings is 1. The minimum Gasteiger partial charge on any atom is -0.448 e. The topological polar surface area (TPSA) is 87.9 Å². The van der Waals surface area contributed by atoms with Crippen molar-refractivity contribution in [3.05, 3.63) is 66.4 Å². The highest BCUT2D eigenvalue weighted by atomic mass is 32.1. The summed E-state index contributed by atoms with van der Waals surface area (Å²) in [4.78, 5) is 33.4. The summed E-state index contributed by atoms with van der Waals surface area (Å²) in [5.74, 6) is 0.0419. The average Bonchev–Trinajstić information content (AvgIpc) is 3.52. The van der Waals surface area contributed by atoms with E-state index >= 15 is 0 Å². The van der Waals surface area contributed by atoms with Crippen molar-refractivity contribution < 1.29 is 18.7 Å². The third kappa shape index (κ3) is 4.80. The maximum Gasteiger partial charge on any atom is 0.289 e. The van der Waals surface area contributed by atoms with Crippen LogP contribution in [0, 0.1) is 0 Å². The lowest BCUT2D eigenvalue weighted by atomic mass is 10.2. The lowest BCUT2D eigenvalue weighted by Crippen LogP contribution is -2.36. The Labute approximate surface area is 200 Å². The summed E-state index contributed by atoms with van der Waals surface area (Å²) in [5, 5.41) is 3.55. The minimum atomic E-state index is -0.370. The van der Waals surface area contributed by atoms with Crippen LogP contribution in [-0.2, 0) is 9.53 Å². The number of anilines is 2. The lowest BCUT2D eigenvalue weighted by molar-refractivity contribution is -0.116. The number of nitrogens with one attached hydrogen (secondary N) is 1. The van der Waals surface area contributed by atoms with Gasteiger partial charge in [-0.1, -0.05) is 12.1 Å². The van der Waals surface area contributed by atoms with Crippen LogP contribution in [0.5, 0.6) is 0 Å². The molecular weight excluding hydrogens is 452 g/mol. The molecule has 0 saturated carbocycles. The molecule has 34 heavy (non-hydrogen) atoms. The molecular formula is C25H24N4O4S. The summed E-state index contributed by atoms with van der Waals surface area (Å²) in [5.41, 5.74) is 2.66. The maximum absolute atomic E-state index is 12.8. The standard InChI is InChI=1S/C25H24N4O4S/c1-28(16-23(30)26-17-6-8-18(9-7-17)29-12-14-32-15-13-29)25(31)21-11-10-20(33-21)24-27-19-4-2-3-5-22(19)34-24/h2-11H,12-16H2,1H3,(H,26,30). The number of carbonyl (C=O) groups excluding carboxylic acids is 2. The van der Waals surface area contributed by atoms with Crippen LogP contribution in [0.1, 0.15) is 10.6 Å². The molecule has 2 amide bonds. The SMILES string of the molecule is CN(CC(=O)Nc1ccc(N2CCOCC2)cc1)C(=O)c1ccc(-c2nc3ccccc3s2)o1. The molecule has 174 valence electrons. The monoisotopic (exact) mass is 476 g/mol. The van der Waals surface area contributed by atoms with Gasteiger partial charge in [0.05, 0.1) is 30.0 Å². The number of morpholine rings is 1.